The molecule has 1 aliphatic carbocycles. The number of thioether (sulfide) groups is 1. The molecule has 8 nitrogen and oxygen atoms in total. The number of rotatable bonds is 6. The number of amides is 1. The van der Waals surface area contributed by atoms with Crippen LogP contribution in [0, 0.1) is 11.3 Å². The number of thiophene rings is 1. The molecule has 3 heterocycles. The number of nitriles is 1. The maximum Gasteiger partial charge on any atom is 0.225 e. The first-order chi connectivity index (χ1) is 13.7. The van der Waals surface area contributed by atoms with Gasteiger partial charge in [0.25, 0.3) is 0 Å². The van der Waals surface area contributed by atoms with E-state index in [1.54, 1.807) is 18.4 Å². The number of aromatic nitrogens is 3. The SMILES string of the molecule is N#Cc1c(NC(=O)CCSc2nnc(-c3ccco3)n2N)sc2c1CCCC2. The highest BCUT2D eigenvalue weighted by Crippen LogP contribution is 2.37. The van der Waals surface area contributed by atoms with Crippen LogP contribution in [0.15, 0.2) is 28.0 Å². The molecular formula is C18H18N6O2S2. The second kappa shape index (κ2) is 8.08. The van der Waals surface area contributed by atoms with Crippen molar-refractivity contribution in [3.8, 4) is 17.7 Å². The highest BCUT2D eigenvalue weighted by molar-refractivity contribution is 7.99. The fraction of sp³-hybridized carbons (Fsp3) is 0.333. The minimum absolute atomic E-state index is 0.128. The number of carbonyl (C=O) groups is 1. The highest BCUT2D eigenvalue weighted by atomic mass is 32.2. The van der Waals surface area contributed by atoms with Gasteiger partial charge in [0, 0.05) is 17.1 Å². The average molecular weight is 415 g/mol. The molecule has 3 aromatic rings. The predicted octanol–water partition coefficient (Wildman–Crippen LogP) is 3.18. The number of nitrogen functional groups attached to an aromatic ring is 1. The Morgan fingerprint density at radius 1 is 1.43 bits per heavy atom. The van der Waals surface area contributed by atoms with E-state index in [0.717, 1.165) is 31.2 Å². The van der Waals surface area contributed by atoms with Crippen LogP contribution < -0.4 is 11.2 Å². The Balaban J connectivity index is 1.35. The molecule has 28 heavy (non-hydrogen) atoms. The van der Waals surface area contributed by atoms with Crippen LogP contribution in [-0.4, -0.2) is 26.5 Å². The number of nitrogens with one attached hydrogen (secondary N) is 1. The van der Waals surface area contributed by atoms with E-state index in [9.17, 15) is 10.1 Å². The molecule has 1 amide bonds. The molecule has 0 radical (unpaired) electrons. The molecule has 3 aromatic heterocycles. The van der Waals surface area contributed by atoms with Gasteiger partial charge in [-0.1, -0.05) is 11.8 Å². The Bertz CT molecular complexity index is 1030. The number of carbonyl (C=O) groups excluding carboxylic acids is 1. The van der Waals surface area contributed by atoms with Crippen LogP contribution in [0.2, 0.25) is 0 Å². The van der Waals surface area contributed by atoms with Gasteiger partial charge >= 0.3 is 0 Å². The summed E-state index contributed by atoms with van der Waals surface area (Å²) in [6.45, 7) is 0. The van der Waals surface area contributed by atoms with Crippen molar-refractivity contribution in [2.24, 2.45) is 0 Å². The number of furan rings is 1. The van der Waals surface area contributed by atoms with Crippen molar-refractivity contribution in [1.82, 2.24) is 14.9 Å². The molecule has 0 spiro atoms. The summed E-state index contributed by atoms with van der Waals surface area (Å²) in [5.74, 6) is 7.33. The molecule has 0 unspecified atom stereocenters. The van der Waals surface area contributed by atoms with Crippen LogP contribution in [0.4, 0.5) is 5.00 Å². The van der Waals surface area contributed by atoms with E-state index in [4.69, 9.17) is 10.3 Å². The van der Waals surface area contributed by atoms with E-state index in [2.05, 4.69) is 21.6 Å². The lowest BCUT2D eigenvalue weighted by Crippen LogP contribution is -2.14. The summed E-state index contributed by atoms with van der Waals surface area (Å²) in [7, 11) is 0. The molecule has 4 rings (SSSR count). The minimum Gasteiger partial charge on any atom is -0.461 e. The Hall–Kier alpha value is -2.77. The van der Waals surface area contributed by atoms with Crippen LogP contribution >= 0.6 is 23.1 Å². The van der Waals surface area contributed by atoms with Gasteiger partial charge in [-0.3, -0.25) is 4.79 Å². The Morgan fingerprint density at radius 2 is 2.29 bits per heavy atom. The molecule has 0 atom stereocenters. The fourth-order valence-corrected chi connectivity index (χ4v) is 5.20. The number of anilines is 1. The molecule has 10 heteroatoms. The molecule has 0 aromatic carbocycles. The van der Waals surface area contributed by atoms with E-state index < -0.39 is 0 Å². The molecule has 1 aliphatic rings. The topological polar surface area (TPSA) is 123 Å². The van der Waals surface area contributed by atoms with Gasteiger partial charge in [-0.15, -0.1) is 21.5 Å². The van der Waals surface area contributed by atoms with Gasteiger partial charge in [-0.05, 0) is 43.4 Å². The van der Waals surface area contributed by atoms with Crippen LogP contribution in [0.3, 0.4) is 0 Å². The van der Waals surface area contributed by atoms with Gasteiger partial charge in [-0.2, -0.15) is 5.26 Å². The van der Waals surface area contributed by atoms with Crippen molar-refractivity contribution in [3.63, 3.8) is 0 Å². The summed E-state index contributed by atoms with van der Waals surface area (Å²) in [6, 6.07) is 5.76. The second-order valence-electron chi connectivity index (χ2n) is 6.33. The molecule has 0 fully saturated rings. The van der Waals surface area contributed by atoms with Crippen LogP contribution in [0.5, 0.6) is 0 Å². The van der Waals surface area contributed by atoms with Crippen molar-refractivity contribution in [1.29, 1.82) is 5.26 Å². The van der Waals surface area contributed by atoms with Gasteiger partial charge in [0.15, 0.2) is 5.76 Å². The largest absolute Gasteiger partial charge is 0.461 e. The quantitative estimate of drug-likeness (QED) is 0.469. The monoisotopic (exact) mass is 414 g/mol. The van der Waals surface area contributed by atoms with Crippen molar-refractivity contribution < 1.29 is 9.21 Å². The smallest absolute Gasteiger partial charge is 0.225 e. The number of hydrogen-bond donors (Lipinski definition) is 2. The zero-order chi connectivity index (χ0) is 19.5. The summed E-state index contributed by atoms with van der Waals surface area (Å²) in [5, 5.41) is 21.6. The molecule has 144 valence electrons. The third kappa shape index (κ3) is 3.63. The summed E-state index contributed by atoms with van der Waals surface area (Å²) in [5.41, 5.74) is 1.75. The van der Waals surface area contributed by atoms with Gasteiger partial charge in [0.05, 0.1) is 11.8 Å². The van der Waals surface area contributed by atoms with E-state index >= 15 is 0 Å². The van der Waals surface area contributed by atoms with Crippen LogP contribution in [0.1, 0.15) is 35.3 Å². The Morgan fingerprint density at radius 3 is 3.07 bits per heavy atom. The first kappa shape index (κ1) is 18.6. The normalized spacial score (nSPS) is 13.1. The maximum absolute atomic E-state index is 12.3. The van der Waals surface area contributed by atoms with Crippen molar-refractivity contribution in [3.05, 3.63) is 34.4 Å². The number of hydrogen-bond acceptors (Lipinski definition) is 8. The predicted molar refractivity (Wildman–Crippen MR) is 108 cm³/mol. The Labute approximate surface area is 169 Å². The molecular weight excluding hydrogens is 396 g/mol. The molecule has 0 bridgehead atoms. The molecule has 0 aliphatic heterocycles. The maximum atomic E-state index is 12.3. The standard InChI is InChI=1S/C18H18N6O2S2/c19-10-12-11-4-1-2-6-14(11)28-17(12)21-15(25)7-9-27-18-23-22-16(24(18)20)13-5-3-8-26-13/h3,5,8H,1-2,4,6-7,9,20H2,(H,21,25). The lowest BCUT2D eigenvalue weighted by Gasteiger charge is -2.09. The molecule has 0 saturated heterocycles. The minimum atomic E-state index is -0.128. The number of nitrogens with zero attached hydrogens (tertiary/aromatic N) is 4. The zero-order valence-corrected chi connectivity index (χ0v) is 16.6. The third-order valence-electron chi connectivity index (χ3n) is 4.50. The number of nitrogens with two attached hydrogens (primary N) is 1. The lowest BCUT2D eigenvalue weighted by molar-refractivity contribution is -0.115. The van der Waals surface area contributed by atoms with Gasteiger partial charge in [0.2, 0.25) is 16.9 Å². The number of aryl methyl sites for hydroxylation is 1. The Kier molecular flexibility index (Phi) is 5.36. The van der Waals surface area contributed by atoms with Crippen LogP contribution in [0.25, 0.3) is 11.6 Å². The average Bonchev–Trinajstić information content (AvgIpc) is 3.41. The van der Waals surface area contributed by atoms with E-state index in [1.165, 1.54) is 32.7 Å². The summed E-state index contributed by atoms with van der Waals surface area (Å²) in [6.07, 6.45) is 5.97. The van der Waals surface area contributed by atoms with E-state index in [1.807, 2.05) is 0 Å². The van der Waals surface area contributed by atoms with E-state index in [-0.39, 0.29) is 12.3 Å². The number of fused-ring (bicyclic) bond motifs is 1. The van der Waals surface area contributed by atoms with Crippen molar-refractivity contribution in [2.75, 3.05) is 16.9 Å². The first-order valence-corrected chi connectivity index (χ1v) is 10.7. The second-order valence-corrected chi connectivity index (χ2v) is 8.49. The first-order valence-electron chi connectivity index (χ1n) is 8.89. The van der Waals surface area contributed by atoms with E-state index in [0.29, 0.717) is 33.1 Å². The summed E-state index contributed by atoms with van der Waals surface area (Å²) in [4.78, 5) is 13.6. The summed E-state index contributed by atoms with van der Waals surface area (Å²) < 4.78 is 6.63. The van der Waals surface area contributed by atoms with Gasteiger partial charge < -0.3 is 15.6 Å². The van der Waals surface area contributed by atoms with Gasteiger partial charge in [-0.25, -0.2) is 4.68 Å². The van der Waals surface area contributed by atoms with Gasteiger partial charge in [0.1, 0.15) is 11.1 Å². The molecule has 3 N–H and O–H groups in total. The van der Waals surface area contributed by atoms with Crippen molar-refractivity contribution in [2.45, 2.75) is 37.3 Å². The van der Waals surface area contributed by atoms with Crippen LogP contribution in [-0.2, 0) is 17.6 Å². The zero-order valence-electron chi connectivity index (χ0n) is 15.0. The summed E-state index contributed by atoms with van der Waals surface area (Å²) >= 11 is 2.87. The van der Waals surface area contributed by atoms with Crippen molar-refractivity contribution >= 4 is 34.0 Å². The highest BCUT2D eigenvalue weighted by Gasteiger charge is 2.22. The third-order valence-corrected chi connectivity index (χ3v) is 6.65. The molecule has 0 saturated carbocycles. The fourth-order valence-electron chi connectivity index (χ4n) is 3.15. The lowest BCUT2D eigenvalue weighted by atomic mass is 9.96.